The Bertz CT molecular complexity index is 2870. The van der Waals surface area contributed by atoms with E-state index in [9.17, 15) is 31.4 Å². The van der Waals surface area contributed by atoms with Gasteiger partial charge in [0.15, 0.2) is 0 Å². The van der Waals surface area contributed by atoms with Gasteiger partial charge in [0.2, 0.25) is 0 Å². The molecule has 0 saturated carbocycles. The Hall–Kier alpha value is -3.92. The Morgan fingerprint density at radius 2 is 0.500 bits per heavy atom. The van der Waals surface area contributed by atoms with Crippen LogP contribution in [0.5, 0.6) is 23.0 Å². The third-order valence-electron chi connectivity index (χ3n) is 7.41. The molecular formula is C44H56O4. The van der Waals surface area contributed by atoms with Gasteiger partial charge < -0.3 is 20.4 Å². The number of hydrogen-bond acceptors (Lipinski definition) is 4. The van der Waals surface area contributed by atoms with Crippen molar-refractivity contribution in [1.29, 1.82) is 0 Å². The highest BCUT2D eigenvalue weighted by molar-refractivity contribution is 5.58. The number of aromatic hydroxyl groups is 4. The quantitative estimate of drug-likeness (QED) is 0.130. The van der Waals surface area contributed by atoms with Crippen molar-refractivity contribution in [1.82, 2.24) is 0 Å². The molecule has 0 amide bonds. The van der Waals surface area contributed by atoms with Crippen molar-refractivity contribution in [3.63, 3.8) is 0 Å². The van der Waals surface area contributed by atoms with Crippen molar-refractivity contribution in [2.75, 3.05) is 0 Å². The molecule has 0 atom stereocenters. The smallest absolute Gasteiger partial charge is 0.122 e. The lowest BCUT2D eigenvalue weighted by atomic mass is 9.79. The zero-order chi connectivity index (χ0) is 72.7. The second-order valence-electron chi connectivity index (χ2n) is 11.4. The second-order valence-corrected chi connectivity index (χ2v) is 11.4. The summed E-state index contributed by atoms with van der Waals surface area (Å²) in [5.41, 5.74) is -39.6. The fraction of sp³-hybridized carbons (Fsp3) is 0.455. The molecule has 4 heteroatoms. The average molecular weight is 693 g/mol. The van der Waals surface area contributed by atoms with Gasteiger partial charge in [-0.1, -0.05) is 131 Å². The molecule has 0 saturated heterocycles. The van der Waals surface area contributed by atoms with Gasteiger partial charge in [0.05, 0.1) is 11.0 Å². The molecule has 0 spiro atoms. The van der Waals surface area contributed by atoms with Crippen molar-refractivity contribution < 1.29 is 80.7 Å². The highest BCUT2D eigenvalue weighted by Gasteiger charge is 2.27. The maximum Gasteiger partial charge on any atom is 0.122 e. The Morgan fingerprint density at radius 3 is 0.625 bits per heavy atom. The molecule has 1 aliphatic carbocycles. The van der Waals surface area contributed by atoms with Gasteiger partial charge in [0, 0.05) is 75.0 Å². The lowest BCUT2D eigenvalue weighted by molar-refractivity contribution is 0.448. The van der Waals surface area contributed by atoms with Crippen LogP contribution in [-0.4, -0.2) is 20.4 Å². The molecule has 0 unspecified atom stereocenters. The fourth-order valence-electron chi connectivity index (χ4n) is 5.01. The van der Waals surface area contributed by atoms with Crippen molar-refractivity contribution in [3.05, 3.63) is 115 Å². The summed E-state index contributed by atoms with van der Waals surface area (Å²) in [6.45, 7) is -54.8. The molecule has 4 N–H and O–H groups in total. The summed E-state index contributed by atoms with van der Waals surface area (Å²) >= 11 is 0. The molecule has 0 aromatic heterocycles. The van der Waals surface area contributed by atoms with E-state index in [-0.39, 0.29) is 0 Å². The summed E-state index contributed by atoms with van der Waals surface area (Å²) in [6, 6.07) is -15.6. The largest absolute Gasteiger partial charge is 0.507 e. The number of fused-ring (bicyclic) bond motifs is 8. The average Bonchev–Trinajstić information content (AvgIpc) is 0.709. The Labute approximate surface area is 350 Å². The topological polar surface area (TPSA) is 80.9 Å². The SMILES string of the molecule is [2H]c1c2c(O)c(c([2H])c1C(C([2H])([2H])[2H])(C([2H])([2H])[2H])C([2H])([2H])[2H])Cc1c([2H])c(C(C([2H])([2H])[2H])(C([2H])([2H])[2H])C([2H])([2H])[2H])c([2H])c(c1O)Cc1c([2H])c(C(C([2H])([2H])[2H])(C([2H])([2H])[2H])C([2H])([2H])[2H])c([2H])c(c1O)Cc1c([2H])c(C(C([2H])([2H])[2H])(C([2H])([2H])[2H])C([2H])([2H])[2H])c([2H])c(c1O)C2. The standard InChI is InChI=1S/C44H56O4/c1-41(2,3)33-17-25-13-27-19-34(42(4,5)6)21-29(38(27)46)15-31-23-36(44(10,11)12)24-32(40(31)48)16-30-22-35(43(7,8)9)20-28(39(30)47)14-26(18-33)37(25)45/h17-24,45-48H,13-16H2,1-12H3/i1D3,2D3,3D3,4D3,5D3,6D3,7D3,8D3,9D3,10D3,11D3,12D3,17D,18D,19D,20D,21D,22D,23D,24D. The van der Waals surface area contributed by atoms with Gasteiger partial charge in [-0.2, -0.15) is 0 Å². The molecular weight excluding hydrogens is 592 g/mol. The van der Waals surface area contributed by atoms with Crippen LogP contribution in [0.1, 0.15) is 209 Å². The molecule has 4 aromatic rings. The molecule has 256 valence electrons. The van der Waals surface area contributed by atoms with Crippen LogP contribution >= 0.6 is 0 Å². The molecule has 0 aliphatic heterocycles. The van der Waals surface area contributed by atoms with Gasteiger partial charge in [0.1, 0.15) is 23.0 Å². The third-order valence-corrected chi connectivity index (χ3v) is 7.41. The van der Waals surface area contributed by atoms with Crippen molar-refractivity contribution in [3.8, 4) is 23.0 Å². The first-order valence-corrected chi connectivity index (χ1v) is 13.7. The van der Waals surface area contributed by atoms with Crippen LogP contribution in [0.2, 0.25) is 0 Å². The van der Waals surface area contributed by atoms with Gasteiger partial charge in [-0.15, -0.1) is 0 Å². The molecule has 0 heterocycles. The van der Waals surface area contributed by atoms with Crippen LogP contribution in [0.3, 0.4) is 0 Å². The van der Waals surface area contributed by atoms with Crippen molar-refractivity contribution in [2.24, 2.45) is 0 Å². The van der Waals surface area contributed by atoms with Gasteiger partial charge >= 0.3 is 0 Å². The maximum absolute atomic E-state index is 12.6. The minimum absolute atomic E-state index is 1.61. The predicted molar refractivity (Wildman–Crippen MR) is 198 cm³/mol. The molecule has 1 aliphatic rings. The predicted octanol–water partition coefficient (Wildman–Crippen LogP) is 10.4. The highest BCUT2D eigenvalue weighted by atomic mass is 16.3. The molecule has 4 nitrogen and oxygen atoms in total. The fourth-order valence-corrected chi connectivity index (χ4v) is 5.01. The maximum atomic E-state index is 12.6. The number of phenolic OH excluding ortho intramolecular Hbond substituents is 4. The minimum Gasteiger partial charge on any atom is -0.507 e. The second kappa shape index (κ2) is 11.9. The van der Waals surface area contributed by atoms with E-state index in [4.69, 9.17) is 49.3 Å². The zero-order valence-corrected chi connectivity index (χ0v) is 24.6. The van der Waals surface area contributed by atoms with Crippen LogP contribution in [0, 0.1) is 0 Å². The van der Waals surface area contributed by atoms with E-state index in [1.54, 1.807) is 0 Å². The monoisotopic (exact) mass is 693 g/mol. The van der Waals surface area contributed by atoms with Crippen LogP contribution in [0.15, 0.2) is 48.3 Å². The van der Waals surface area contributed by atoms with E-state index in [1.807, 2.05) is 0 Å². The highest BCUT2D eigenvalue weighted by Crippen LogP contribution is 2.43. The first-order valence-electron chi connectivity index (χ1n) is 35.7. The van der Waals surface area contributed by atoms with Gasteiger partial charge in [0.25, 0.3) is 0 Å². The van der Waals surface area contributed by atoms with Gasteiger partial charge in [-0.05, 0) is 88.4 Å². The summed E-state index contributed by atoms with van der Waals surface area (Å²) in [4.78, 5) is 0. The van der Waals surface area contributed by atoms with E-state index in [0.29, 0.717) is 0 Å². The van der Waals surface area contributed by atoms with E-state index in [2.05, 4.69) is 0 Å². The number of rotatable bonds is 0. The van der Waals surface area contributed by atoms with Gasteiger partial charge in [-0.3, -0.25) is 0 Å². The molecule has 0 radical (unpaired) electrons. The van der Waals surface area contributed by atoms with Crippen molar-refractivity contribution >= 4 is 0 Å². The van der Waals surface area contributed by atoms with E-state index in [1.165, 1.54) is 0 Å². The normalized spacial score (nSPS) is 30.8. The Kier molecular flexibility index (Phi) is 2.39. The first kappa shape index (κ1) is 9.65. The Morgan fingerprint density at radius 1 is 0.354 bits per heavy atom. The van der Waals surface area contributed by atoms with Crippen LogP contribution in [0.4, 0.5) is 0 Å². The number of hydrogen-bond donors (Lipinski definition) is 4. The lowest BCUT2D eigenvalue weighted by Crippen LogP contribution is -2.15. The summed E-state index contributed by atoms with van der Waals surface area (Å²) in [5.74, 6) is -7.36. The van der Waals surface area contributed by atoms with Gasteiger partial charge in [-0.25, -0.2) is 0 Å². The zero-order valence-electron chi connectivity index (χ0n) is 68.6. The van der Waals surface area contributed by atoms with Crippen molar-refractivity contribution in [2.45, 2.75) is 130 Å². The molecule has 8 bridgehead atoms. The van der Waals surface area contributed by atoms with E-state index in [0.717, 1.165) is 0 Å². The summed E-state index contributed by atoms with van der Waals surface area (Å²) < 4.78 is 385. The summed E-state index contributed by atoms with van der Waals surface area (Å²) in [7, 11) is 0. The summed E-state index contributed by atoms with van der Waals surface area (Å²) in [5, 5.41) is 50.5. The van der Waals surface area contributed by atoms with E-state index < -0.39 is 268 Å². The first-order chi connectivity index (χ1) is 40.3. The molecule has 4 aromatic carbocycles. The molecule has 5 rings (SSSR count). The lowest BCUT2D eigenvalue weighted by Gasteiger charge is -2.27. The van der Waals surface area contributed by atoms with Crippen LogP contribution < -0.4 is 0 Å². The summed E-state index contributed by atoms with van der Waals surface area (Å²) in [6.07, 6.45) is -7.95. The third kappa shape index (κ3) is 7.09. The van der Waals surface area contributed by atoms with Crippen LogP contribution in [0.25, 0.3) is 0 Å². The number of benzene rings is 4. The number of phenols is 4. The minimum atomic E-state index is -4.64. The van der Waals surface area contributed by atoms with Crippen LogP contribution in [-0.2, 0) is 47.3 Å². The Balaban J connectivity index is 2.51. The molecule has 0 fully saturated rings. The molecule has 48 heavy (non-hydrogen) atoms. The van der Waals surface area contributed by atoms with E-state index >= 15 is 0 Å².